The molecular formula is C13H21N5. The summed E-state index contributed by atoms with van der Waals surface area (Å²) in [6.45, 7) is 2.16. The Morgan fingerprint density at radius 1 is 1.33 bits per heavy atom. The zero-order valence-corrected chi connectivity index (χ0v) is 11.3. The molecule has 0 aliphatic heterocycles. The van der Waals surface area contributed by atoms with E-state index in [-0.39, 0.29) is 6.04 Å². The Kier molecular flexibility index (Phi) is 3.81. The third-order valence-corrected chi connectivity index (χ3v) is 3.03. The van der Waals surface area contributed by atoms with Crippen LogP contribution < -0.4 is 10.6 Å². The van der Waals surface area contributed by atoms with E-state index >= 15 is 0 Å². The van der Waals surface area contributed by atoms with Crippen LogP contribution in [0.2, 0.25) is 0 Å². The third-order valence-electron chi connectivity index (χ3n) is 3.03. The molecule has 0 aromatic carbocycles. The summed E-state index contributed by atoms with van der Waals surface area (Å²) in [4.78, 5) is 14.2. The van der Waals surface area contributed by atoms with E-state index in [1.807, 2.05) is 31.1 Å². The van der Waals surface area contributed by atoms with E-state index in [1.54, 1.807) is 0 Å². The molecule has 5 nitrogen and oxygen atoms in total. The molecule has 0 saturated carbocycles. The number of unbranched alkanes of at least 4 members (excludes halogenated alkanes) is 1. The van der Waals surface area contributed by atoms with Gasteiger partial charge in [-0.05, 0) is 18.6 Å². The molecule has 0 amide bonds. The molecule has 0 spiro atoms. The van der Waals surface area contributed by atoms with Crippen LogP contribution >= 0.6 is 0 Å². The Balaban J connectivity index is 2.26. The second-order valence-corrected chi connectivity index (χ2v) is 4.81. The summed E-state index contributed by atoms with van der Waals surface area (Å²) in [5, 5.41) is 0. The Morgan fingerprint density at radius 3 is 2.78 bits per heavy atom. The van der Waals surface area contributed by atoms with Crippen LogP contribution in [0.5, 0.6) is 0 Å². The summed E-state index contributed by atoms with van der Waals surface area (Å²) in [6, 6.07) is 3.95. The first-order chi connectivity index (χ1) is 8.61. The molecule has 2 rings (SSSR count). The topological polar surface area (TPSA) is 70.8 Å². The molecule has 98 valence electrons. The second kappa shape index (κ2) is 5.35. The minimum Gasteiger partial charge on any atom is -0.363 e. The normalized spacial score (nSPS) is 12.9. The van der Waals surface area contributed by atoms with Crippen molar-refractivity contribution in [1.29, 1.82) is 0 Å². The monoisotopic (exact) mass is 247 g/mol. The summed E-state index contributed by atoms with van der Waals surface area (Å²) < 4.78 is 0. The molecule has 1 unspecified atom stereocenters. The maximum absolute atomic E-state index is 6.11. The number of hydrogen-bond donors (Lipinski definition) is 2. The number of fused-ring (bicyclic) bond motifs is 1. The van der Waals surface area contributed by atoms with Gasteiger partial charge in [0.2, 0.25) is 0 Å². The number of rotatable bonds is 5. The SMILES string of the molecule is CCCCC(N)c1nc2nc(N(C)C)ccc2[nH]1. The first-order valence-corrected chi connectivity index (χ1v) is 6.41. The molecule has 3 N–H and O–H groups in total. The van der Waals surface area contributed by atoms with Crippen LogP contribution in [-0.2, 0) is 0 Å². The van der Waals surface area contributed by atoms with Gasteiger partial charge in [-0.15, -0.1) is 0 Å². The van der Waals surface area contributed by atoms with E-state index in [0.29, 0.717) is 0 Å². The van der Waals surface area contributed by atoms with Gasteiger partial charge in [0.15, 0.2) is 5.65 Å². The third kappa shape index (κ3) is 2.61. The molecule has 0 saturated heterocycles. The van der Waals surface area contributed by atoms with Gasteiger partial charge in [-0.1, -0.05) is 19.8 Å². The molecule has 0 fully saturated rings. The Bertz CT molecular complexity index is 517. The maximum Gasteiger partial charge on any atom is 0.179 e. The highest BCUT2D eigenvalue weighted by atomic mass is 15.2. The van der Waals surface area contributed by atoms with Crippen molar-refractivity contribution in [2.24, 2.45) is 5.73 Å². The average molecular weight is 247 g/mol. The van der Waals surface area contributed by atoms with Gasteiger partial charge >= 0.3 is 0 Å². The molecule has 2 heterocycles. The number of nitrogens with zero attached hydrogens (tertiary/aromatic N) is 3. The van der Waals surface area contributed by atoms with Crippen LogP contribution in [0.25, 0.3) is 11.2 Å². The predicted octanol–water partition coefficient (Wildman–Crippen LogP) is 2.21. The highest BCUT2D eigenvalue weighted by Gasteiger charge is 2.12. The lowest BCUT2D eigenvalue weighted by atomic mass is 10.1. The number of aromatic nitrogens is 3. The summed E-state index contributed by atoms with van der Waals surface area (Å²) >= 11 is 0. The molecule has 2 aromatic heterocycles. The summed E-state index contributed by atoms with van der Waals surface area (Å²) in [5.74, 6) is 1.74. The predicted molar refractivity (Wildman–Crippen MR) is 74.7 cm³/mol. The van der Waals surface area contributed by atoms with E-state index < -0.39 is 0 Å². The van der Waals surface area contributed by atoms with Gasteiger partial charge in [-0.2, -0.15) is 0 Å². The smallest absolute Gasteiger partial charge is 0.179 e. The molecule has 0 bridgehead atoms. The first-order valence-electron chi connectivity index (χ1n) is 6.41. The van der Waals surface area contributed by atoms with Gasteiger partial charge < -0.3 is 15.6 Å². The van der Waals surface area contributed by atoms with Crippen LogP contribution in [-0.4, -0.2) is 29.0 Å². The number of imidazole rings is 1. The van der Waals surface area contributed by atoms with Gasteiger partial charge in [0.1, 0.15) is 11.6 Å². The zero-order chi connectivity index (χ0) is 13.1. The van der Waals surface area contributed by atoms with Crippen molar-refractivity contribution < 1.29 is 0 Å². The summed E-state index contributed by atoms with van der Waals surface area (Å²) in [5.41, 5.74) is 7.80. The molecule has 5 heteroatoms. The number of anilines is 1. The van der Waals surface area contributed by atoms with Crippen molar-refractivity contribution in [3.8, 4) is 0 Å². The highest BCUT2D eigenvalue weighted by Crippen LogP contribution is 2.19. The molecule has 0 aliphatic carbocycles. The molecule has 1 atom stereocenters. The molecule has 18 heavy (non-hydrogen) atoms. The van der Waals surface area contributed by atoms with Gasteiger partial charge in [0.25, 0.3) is 0 Å². The van der Waals surface area contributed by atoms with Crippen molar-refractivity contribution in [2.75, 3.05) is 19.0 Å². The van der Waals surface area contributed by atoms with E-state index in [1.165, 1.54) is 0 Å². The zero-order valence-electron chi connectivity index (χ0n) is 11.3. The van der Waals surface area contributed by atoms with Crippen molar-refractivity contribution >= 4 is 17.0 Å². The van der Waals surface area contributed by atoms with Gasteiger partial charge in [-0.25, -0.2) is 9.97 Å². The number of aromatic amines is 1. The van der Waals surface area contributed by atoms with Crippen LogP contribution in [0, 0.1) is 0 Å². The van der Waals surface area contributed by atoms with Crippen molar-refractivity contribution in [2.45, 2.75) is 32.2 Å². The fraction of sp³-hybridized carbons (Fsp3) is 0.538. The highest BCUT2D eigenvalue weighted by molar-refractivity contribution is 5.73. The summed E-state index contributed by atoms with van der Waals surface area (Å²) in [6.07, 6.45) is 3.22. The largest absolute Gasteiger partial charge is 0.363 e. The molecule has 2 aromatic rings. The number of pyridine rings is 1. The second-order valence-electron chi connectivity index (χ2n) is 4.81. The van der Waals surface area contributed by atoms with Crippen LogP contribution in [0.1, 0.15) is 38.1 Å². The quantitative estimate of drug-likeness (QED) is 0.849. The lowest BCUT2D eigenvalue weighted by molar-refractivity contribution is 0.581. The van der Waals surface area contributed by atoms with E-state index in [4.69, 9.17) is 5.73 Å². The van der Waals surface area contributed by atoms with Gasteiger partial charge in [0, 0.05) is 14.1 Å². The average Bonchev–Trinajstić information content (AvgIpc) is 2.78. The minimum atomic E-state index is -0.0260. The van der Waals surface area contributed by atoms with Crippen LogP contribution in [0.15, 0.2) is 12.1 Å². The molecule has 0 radical (unpaired) electrons. The van der Waals surface area contributed by atoms with Crippen molar-refractivity contribution in [1.82, 2.24) is 15.0 Å². The summed E-state index contributed by atoms with van der Waals surface area (Å²) in [7, 11) is 3.93. The number of H-pyrrole nitrogens is 1. The van der Waals surface area contributed by atoms with Gasteiger partial charge in [-0.3, -0.25) is 0 Å². The number of nitrogens with one attached hydrogen (secondary N) is 1. The Labute approximate surface area is 107 Å². The van der Waals surface area contributed by atoms with Crippen LogP contribution in [0.3, 0.4) is 0 Å². The lowest BCUT2D eigenvalue weighted by Crippen LogP contribution is -2.11. The van der Waals surface area contributed by atoms with E-state index in [9.17, 15) is 0 Å². The van der Waals surface area contributed by atoms with E-state index in [2.05, 4.69) is 21.9 Å². The van der Waals surface area contributed by atoms with E-state index in [0.717, 1.165) is 42.1 Å². The Morgan fingerprint density at radius 2 is 2.11 bits per heavy atom. The van der Waals surface area contributed by atoms with Crippen LogP contribution in [0.4, 0.5) is 5.82 Å². The number of hydrogen-bond acceptors (Lipinski definition) is 4. The standard InChI is InChI=1S/C13H21N5/c1-4-5-6-9(14)12-15-10-7-8-11(18(2)3)16-13(10)17-12/h7-9H,4-6,14H2,1-3H3,(H,15,16,17). The molecular weight excluding hydrogens is 226 g/mol. The minimum absolute atomic E-state index is 0.0260. The lowest BCUT2D eigenvalue weighted by Gasteiger charge is -2.09. The fourth-order valence-electron chi connectivity index (χ4n) is 1.89. The van der Waals surface area contributed by atoms with Gasteiger partial charge in [0.05, 0.1) is 11.6 Å². The Hall–Kier alpha value is -1.62. The fourth-order valence-corrected chi connectivity index (χ4v) is 1.89. The molecule has 0 aliphatic rings. The first kappa shape index (κ1) is 12.8. The number of nitrogens with two attached hydrogens (primary N) is 1. The van der Waals surface area contributed by atoms with Crippen molar-refractivity contribution in [3.63, 3.8) is 0 Å². The maximum atomic E-state index is 6.11. The van der Waals surface area contributed by atoms with Crippen molar-refractivity contribution in [3.05, 3.63) is 18.0 Å².